The number of fused-ring (bicyclic) bond motifs is 1. The number of carbonyl (C=O) groups is 2. The van der Waals surface area contributed by atoms with Gasteiger partial charge in [-0.2, -0.15) is 0 Å². The van der Waals surface area contributed by atoms with Crippen LogP contribution in [0.4, 0.5) is 0 Å². The van der Waals surface area contributed by atoms with Crippen LogP contribution in [-0.4, -0.2) is 45.0 Å². The lowest BCUT2D eigenvalue weighted by Crippen LogP contribution is -2.36. The van der Waals surface area contributed by atoms with E-state index in [-0.39, 0.29) is 25.6 Å². The van der Waals surface area contributed by atoms with E-state index >= 15 is 0 Å². The second-order valence-electron chi connectivity index (χ2n) is 6.72. The number of carbonyl (C=O) groups excluding carboxylic acids is 1. The van der Waals surface area contributed by atoms with E-state index in [0.717, 1.165) is 16.8 Å². The molecule has 3 aromatic rings. The highest BCUT2D eigenvalue weighted by molar-refractivity contribution is 5.81. The van der Waals surface area contributed by atoms with E-state index in [0.29, 0.717) is 5.82 Å². The van der Waals surface area contributed by atoms with Crippen LogP contribution < -0.4 is 4.74 Å². The molecular weight excluding hydrogens is 358 g/mol. The molecule has 0 saturated heterocycles. The minimum Gasteiger partial charge on any atom is -0.486 e. The topological polar surface area (TPSA) is 84.7 Å². The summed E-state index contributed by atoms with van der Waals surface area (Å²) in [5.74, 6) is -0.380. The minimum absolute atomic E-state index is 0.0663. The van der Waals surface area contributed by atoms with Crippen LogP contribution in [-0.2, 0) is 22.7 Å². The molecule has 0 aliphatic rings. The standard InChI is InChI=1S/C21H23N3O4/c1-15(21(26)27)12-23(2)20(25)13-24-18-11-7-6-10-17(18)22-19(24)14-28-16-8-4-3-5-9-16/h3-11,15H,12-14H2,1-2H3,(H,26,27). The van der Waals surface area contributed by atoms with Crippen LogP contribution in [0.25, 0.3) is 11.0 Å². The maximum atomic E-state index is 12.7. The Labute approximate surface area is 163 Å². The van der Waals surface area contributed by atoms with E-state index < -0.39 is 11.9 Å². The number of likely N-dealkylation sites (N-methyl/N-ethyl adjacent to an activating group) is 1. The average Bonchev–Trinajstić information content (AvgIpc) is 3.04. The number of rotatable bonds is 8. The molecule has 0 radical (unpaired) electrons. The molecule has 1 unspecified atom stereocenters. The number of imidazole rings is 1. The van der Waals surface area contributed by atoms with E-state index in [4.69, 9.17) is 9.84 Å². The van der Waals surface area contributed by atoms with Crippen molar-refractivity contribution in [3.63, 3.8) is 0 Å². The number of nitrogens with zero attached hydrogens (tertiary/aromatic N) is 3. The summed E-state index contributed by atoms with van der Waals surface area (Å²) in [6.07, 6.45) is 0. The molecule has 1 heterocycles. The highest BCUT2D eigenvalue weighted by Gasteiger charge is 2.20. The first-order chi connectivity index (χ1) is 13.5. The van der Waals surface area contributed by atoms with Gasteiger partial charge in [-0.3, -0.25) is 9.59 Å². The Bertz CT molecular complexity index is 968. The fourth-order valence-corrected chi connectivity index (χ4v) is 2.92. The van der Waals surface area contributed by atoms with Crippen LogP contribution in [0.3, 0.4) is 0 Å². The van der Waals surface area contributed by atoms with Gasteiger partial charge in [0.25, 0.3) is 0 Å². The lowest BCUT2D eigenvalue weighted by molar-refractivity contribution is -0.142. The van der Waals surface area contributed by atoms with Crippen LogP contribution in [0, 0.1) is 5.92 Å². The van der Waals surface area contributed by atoms with Crippen molar-refractivity contribution in [3.05, 3.63) is 60.4 Å². The van der Waals surface area contributed by atoms with Crippen LogP contribution in [0.5, 0.6) is 5.75 Å². The number of amides is 1. The van der Waals surface area contributed by atoms with Gasteiger partial charge in [-0.15, -0.1) is 0 Å². The molecule has 28 heavy (non-hydrogen) atoms. The summed E-state index contributed by atoms with van der Waals surface area (Å²) < 4.78 is 7.64. The van der Waals surface area contributed by atoms with Gasteiger partial charge in [0.2, 0.25) is 5.91 Å². The van der Waals surface area contributed by atoms with E-state index in [9.17, 15) is 9.59 Å². The molecule has 0 saturated carbocycles. The van der Waals surface area contributed by atoms with Crippen molar-refractivity contribution in [1.82, 2.24) is 14.5 Å². The fourth-order valence-electron chi connectivity index (χ4n) is 2.92. The second kappa shape index (κ2) is 8.56. The molecular formula is C21H23N3O4. The lowest BCUT2D eigenvalue weighted by Gasteiger charge is -2.20. The third-order valence-electron chi connectivity index (χ3n) is 4.53. The van der Waals surface area contributed by atoms with Crippen LogP contribution in [0.1, 0.15) is 12.7 Å². The van der Waals surface area contributed by atoms with E-state index in [1.807, 2.05) is 59.2 Å². The maximum absolute atomic E-state index is 12.7. The molecule has 1 N–H and O–H groups in total. The summed E-state index contributed by atoms with van der Waals surface area (Å²) >= 11 is 0. The van der Waals surface area contributed by atoms with Gasteiger partial charge in [-0.25, -0.2) is 4.98 Å². The van der Waals surface area contributed by atoms with Gasteiger partial charge in [-0.05, 0) is 24.3 Å². The van der Waals surface area contributed by atoms with Gasteiger partial charge in [0.15, 0.2) is 0 Å². The summed E-state index contributed by atoms with van der Waals surface area (Å²) in [5.41, 5.74) is 1.62. The van der Waals surface area contributed by atoms with Gasteiger partial charge in [0.05, 0.1) is 17.0 Å². The molecule has 0 aliphatic heterocycles. The number of carboxylic acid groups (broad SMARTS) is 1. The zero-order valence-electron chi connectivity index (χ0n) is 15.9. The molecule has 0 bridgehead atoms. The van der Waals surface area contributed by atoms with Crippen molar-refractivity contribution < 1.29 is 19.4 Å². The Morgan fingerprint density at radius 1 is 1.14 bits per heavy atom. The molecule has 7 nitrogen and oxygen atoms in total. The van der Waals surface area contributed by atoms with Crippen molar-refractivity contribution in [2.24, 2.45) is 5.92 Å². The number of aliphatic carboxylic acids is 1. The normalized spacial score (nSPS) is 11.9. The lowest BCUT2D eigenvalue weighted by atomic mass is 10.2. The molecule has 3 rings (SSSR count). The van der Waals surface area contributed by atoms with Crippen molar-refractivity contribution in [1.29, 1.82) is 0 Å². The van der Waals surface area contributed by atoms with Gasteiger partial charge in [0, 0.05) is 13.6 Å². The van der Waals surface area contributed by atoms with Gasteiger partial charge >= 0.3 is 5.97 Å². The second-order valence-corrected chi connectivity index (χ2v) is 6.72. The summed E-state index contributed by atoms with van der Waals surface area (Å²) in [7, 11) is 1.61. The zero-order valence-corrected chi connectivity index (χ0v) is 15.9. The van der Waals surface area contributed by atoms with E-state index in [2.05, 4.69) is 4.98 Å². The Kier molecular flexibility index (Phi) is 5.93. The van der Waals surface area contributed by atoms with Crippen molar-refractivity contribution >= 4 is 22.9 Å². The van der Waals surface area contributed by atoms with Crippen LogP contribution >= 0.6 is 0 Å². The van der Waals surface area contributed by atoms with Crippen molar-refractivity contribution in [2.45, 2.75) is 20.1 Å². The van der Waals surface area contributed by atoms with Crippen molar-refractivity contribution in [3.8, 4) is 5.75 Å². The molecule has 0 fully saturated rings. The molecule has 0 spiro atoms. The van der Waals surface area contributed by atoms with Crippen LogP contribution in [0.2, 0.25) is 0 Å². The van der Waals surface area contributed by atoms with E-state index in [1.54, 1.807) is 14.0 Å². The zero-order chi connectivity index (χ0) is 20.1. The van der Waals surface area contributed by atoms with Gasteiger partial charge in [-0.1, -0.05) is 37.3 Å². The predicted molar refractivity (Wildman–Crippen MR) is 105 cm³/mol. The Balaban J connectivity index is 1.80. The summed E-state index contributed by atoms with van der Waals surface area (Å²) in [6, 6.07) is 17.0. The third kappa shape index (κ3) is 4.49. The first-order valence-electron chi connectivity index (χ1n) is 9.04. The largest absolute Gasteiger partial charge is 0.486 e. The van der Waals surface area contributed by atoms with Gasteiger partial charge in [0.1, 0.15) is 24.7 Å². The molecule has 1 atom stereocenters. The highest BCUT2D eigenvalue weighted by Crippen LogP contribution is 2.18. The fraction of sp³-hybridized carbons (Fsp3) is 0.286. The van der Waals surface area contributed by atoms with Gasteiger partial charge < -0.3 is 19.3 Å². The Hall–Kier alpha value is -3.35. The first kappa shape index (κ1) is 19.4. The number of hydrogen-bond donors (Lipinski definition) is 1. The molecule has 2 aromatic carbocycles. The maximum Gasteiger partial charge on any atom is 0.308 e. The number of benzene rings is 2. The summed E-state index contributed by atoms with van der Waals surface area (Å²) in [4.78, 5) is 29.8. The quantitative estimate of drug-likeness (QED) is 0.649. The SMILES string of the molecule is CC(CN(C)C(=O)Cn1c(COc2ccccc2)nc2ccccc21)C(=O)O. The molecule has 1 aromatic heterocycles. The monoisotopic (exact) mass is 381 g/mol. The molecule has 1 amide bonds. The Morgan fingerprint density at radius 2 is 1.82 bits per heavy atom. The number of hydrogen-bond acceptors (Lipinski definition) is 4. The summed E-state index contributed by atoms with van der Waals surface area (Å²) in [6.45, 7) is 2.02. The number of aromatic nitrogens is 2. The van der Waals surface area contributed by atoms with E-state index in [1.165, 1.54) is 4.90 Å². The highest BCUT2D eigenvalue weighted by atomic mass is 16.5. The summed E-state index contributed by atoms with van der Waals surface area (Å²) in [5, 5.41) is 9.06. The third-order valence-corrected chi connectivity index (χ3v) is 4.53. The average molecular weight is 381 g/mol. The number of ether oxygens (including phenoxy) is 1. The van der Waals surface area contributed by atoms with Crippen molar-refractivity contribution in [2.75, 3.05) is 13.6 Å². The molecule has 0 aliphatic carbocycles. The smallest absolute Gasteiger partial charge is 0.308 e. The number of para-hydroxylation sites is 3. The number of carboxylic acids is 1. The predicted octanol–water partition coefficient (Wildman–Crippen LogP) is 2.79. The first-order valence-corrected chi connectivity index (χ1v) is 9.04. The van der Waals surface area contributed by atoms with Crippen LogP contribution in [0.15, 0.2) is 54.6 Å². The minimum atomic E-state index is -0.926. The molecule has 7 heteroatoms. The molecule has 146 valence electrons. The Morgan fingerprint density at radius 3 is 2.54 bits per heavy atom.